The third kappa shape index (κ3) is 5.11. The van der Waals surface area contributed by atoms with Gasteiger partial charge in [0.1, 0.15) is 0 Å². The lowest BCUT2D eigenvalue weighted by Gasteiger charge is -2.19. The topological polar surface area (TPSA) is 0 Å². The van der Waals surface area contributed by atoms with Crippen molar-refractivity contribution in [2.75, 3.05) is 0 Å². The van der Waals surface area contributed by atoms with Gasteiger partial charge < -0.3 is 0 Å². The Morgan fingerprint density at radius 3 is 1.07 bits per heavy atom. The van der Waals surface area contributed by atoms with Crippen molar-refractivity contribution >= 4 is 96.1 Å². The Balaban J connectivity index is 1.06. The van der Waals surface area contributed by atoms with Crippen LogP contribution in [0.2, 0.25) is 0 Å². The van der Waals surface area contributed by atoms with E-state index in [4.69, 9.17) is 0 Å². The van der Waals surface area contributed by atoms with E-state index in [1.54, 1.807) is 0 Å². The fourth-order valence-electron chi connectivity index (χ4n) is 10.5. The van der Waals surface area contributed by atoms with Crippen molar-refractivity contribution < 1.29 is 0 Å². The Hall–Kier alpha value is -7.58. The molecular weight excluding hydrogens is 753 g/mol. The fourth-order valence-corrected chi connectivity index (χ4v) is 11.7. The summed E-state index contributed by atoms with van der Waals surface area (Å²) in [4.78, 5) is 0. The highest BCUT2D eigenvalue weighted by atomic mass is 32.1. The van der Waals surface area contributed by atoms with Crippen LogP contribution in [0.25, 0.3) is 129 Å². The maximum atomic E-state index is 2.45. The first-order valence-corrected chi connectivity index (χ1v) is 21.9. The molecule has 1 aromatic heterocycles. The Morgan fingerprint density at radius 2 is 0.590 bits per heavy atom. The van der Waals surface area contributed by atoms with E-state index >= 15 is 0 Å². The second kappa shape index (κ2) is 13.5. The molecule has 0 aliphatic rings. The number of fused-ring (bicyclic) bond motifs is 9. The van der Waals surface area contributed by atoms with E-state index in [1.165, 1.54) is 129 Å². The fraction of sp³-hybridized carbons (Fsp3) is 0. The molecule has 0 atom stereocenters. The van der Waals surface area contributed by atoms with Crippen LogP contribution in [0.1, 0.15) is 0 Å². The van der Waals surface area contributed by atoms with Crippen LogP contribution in [0, 0.1) is 0 Å². The second-order valence-corrected chi connectivity index (χ2v) is 17.3. The lowest BCUT2D eigenvalue weighted by Crippen LogP contribution is -1.92. The normalized spacial score (nSPS) is 11.9. The molecule has 0 amide bonds. The smallest absolute Gasteiger partial charge is 0.0361 e. The number of rotatable bonds is 4. The zero-order valence-electron chi connectivity index (χ0n) is 33.2. The summed E-state index contributed by atoms with van der Waals surface area (Å²) < 4.78 is 2.60. The quantitative estimate of drug-likeness (QED) is 0.156. The molecular formula is C60H36S. The minimum atomic E-state index is 1.24. The van der Waals surface area contributed by atoms with E-state index < -0.39 is 0 Å². The Morgan fingerprint density at radius 1 is 0.230 bits per heavy atom. The first-order valence-electron chi connectivity index (χ1n) is 21.1. The largest absolute Gasteiger partial charge is 0.135 e. The Kier molecular flexibility index (Phi) is 7.58. The molecule has 0 fully saturated rings. The van der Waals surface area contributed by atoms with E-state index in [9.17, 15) is 0 Å². The summed E-state index contributed by atoms with van der Waals surface area (Å²) in [5, 5.41) is 17.9. The third-order valence-corrected chi connectivity index (χ3v) is 14.2. The highest BCUT2D eigenvalue weighted by Crippen LogP contribution is 2.50. The average molecular weight is 789 g/mol. The molecule has 282 valence electrons. The first kappa shape index (κ1) is 34.3. The molecule has 0 spiro atoms. The molecule has 0 radical (unpaired) electrons. The molecule has 0 saturated carbocycles. The van der Waals surface area contributed by atoms with E-state index in [0.29, 0.717) is 0 Å². The van der Waals surface area contributed by atoms with Crippen LogP contribution >= 0.6 is 11.3 Å². The van der Waals surface area contributed by atoms with Gasteiger partial charge in [-0.05, 0) is 121 Å². The van der Waals surface area contributed by atoms with E-state index in [2.05, 4.69) is 218 Å². The van der Waals surface area contributed by atoms with Crippen LogP contribution < -0.4 is 0 Å². The Bertz CT molecular complexity index is 3820. The molecule has 13 aromatic rings. The number of benzene rings is 12. The highest BCUT2D eigenvalue weighted by Gasteiger charge is 2.22. The number of hydrogen-bond donors (Lipinski definition) is 0. The van der Waals surface area contributed by atoms with Crippen molar-refractivity contribution in [3.8, 4) is 44.5 Å². The predicted octanol–water partition coefficient (Wildman–Crippen LogP) is 17.6. The van der Waals surface area contributed by atoms with Gasteiger partial charge in [-0.2, -0.15) is 0 Å². The molecule has 0 aliphatic heterocycles. The van der Waals surface area contributed by atoms with Gasteiger partial charge in [-0.1, -0.05) is 206 Å². The summed E-state index contributed by atoms with van der Waals surface area (Å²) in [7, 11) is 0. The van der Waals surface area contributed by atoms with Crippen molar-refractivity contribution in [1.29, 1.82) is 0 Å². The minimum Gasteiger partial charge on any atom is -0.135 e. The first-order chi connectivity index (χ1) is 30.3. The van der Waals surface area contributed by atoms with Crippen LogP contribution in [-0.4, -0.2) is 0 Å². The van der Waals surface area contributed by atoms with Crippen LogP contribution in [0.4, 0.5) is 0 Å². The van der Waals surface area contributed by atoms with Gasteiger partial charge >= 0.3 is 0 Å². The van der Waals surface area contributed by atoms with Crippen LogP contribution in [-0.2, 0) is 0 Å². The van der Waals surface area contributed by atoms with Crippen molar-refractivity contribution in [2.24, 2.45) is 0 Å². The zero-order valence-corrected chi connectivity index (χ0v) is 34.0. The molecule has 13 rings (SSSR count). The molecule has 12 aromatic carbocycles. The van der Waals surface area contributed by atoms with Crippen LogP contribution in [0.3, 0.4) is 0 Å². The van der Waals surface area contributed by atoms with Gasteiger partial charge in [-0.25, -0.2) is 0 Å². The molecule has 0 saturated heterocycles. The SMILES string of the molecule is c1ccc2c(-c3c4ccccc4c(-c4ccc5c(c4)sc4cccc(-c6c7ccccc7c(-c7cccc8ccccc78)c7ccccc67)c45)c4ccccc34)cccc2c1. The molecule has 61 heavy (non-hydrogen) atoms. The molecule has 0 N–H and O–H groups in total. The van der Waals surface area contributed by atoms with E-state index in [-0.39, 0.29) is 0 Å². The molecule has 1 heterocycles. The van der Waals surface area contributed by atoms with Crippen molar-refractivity contribution in [3.63, 3.8) is 0 Å². The van der Waals surface area contributed by atoms with Crippen molar-refractivity contribution in [1.82, 2.24) is 0 Å². The summed E-state index contributed by atoms with van der Waals surface area (Å²) in [5.41, 5.74) is 10.2. The number of thiophene rings is 1. The summed E-state index contributed by atoms with van der Waals surface area (Å²) in [6.45, 7) is 0. The lowest BCUT2D eigenvalue weighted by atomic mass is 9.83. The van der Waals surface area contributed by atoms with Crippen molar-refractivity contribution in [3.05, 3.63) is 218 Å². The summed E-state index contributed by atoms with van der Waals surface area (Å²) in [6, 6.07) is 81.2. The second-order valence-electron chi connectivity index (χ2n) is 16.2. The van der Waals surface area contributed by atoms with Crippen molar-refractivity contribution in [2.45, 2.75) is 0 Å². The molecule has 0 nitrogen and oxygen atoms in total. The Labute approximate surface area is 357 Å². The minimum absolute atomic E-state index is 1.24. The van der Waals surface area contributed by atoms with Gasteiger partial charge in [0.05, 0.1) is 0 Å². The standard InChI is InChI=1S/C60H36S/c1-3-20-40-37(16-1)18-13-30-42(40)57-46-24-7-5-22-44(46)56(45-23-6-8-25-47(45)57)39-34-35-52-55(36-39)61-54-33-15-32-53(60(52)54)59-50-28-11-9-26-48(50)58(49-27-10-12-29-51(49)59)43-31-14-19-38-17-2-4-21-41(38)43/h1-36H. The molecule has 1 heteroatoms. The van der Waals surface area contributed by atoms with Gasteiger partial charge in [0.25, 0.3) is 0 Å². The maximum absolute atomic E-state index is 2.45. The average Bonchev–Trinajstić information content (AvgIpc) is 3.70. The number of hydrogen-bond acceptors (Lipinski definition) is 1. The van der Waals surface area contributed by atoms with Gasteiger partial charge in [0.15, 0.2) is 0 Å². The highest BCUT2D eigenvalue weighted by molar-refractivity contribution is 7.26. The third-order valence-electron chi connectivity index (χ3n) is 13.0. The van der Waals surface area contributed by atoms with E-state index in [1.807, 2.05) is 11.3 Å². The van der Waals surface area contributed by atoms with Crippen LogP contribution in [0.5, 0.6) is 0 Å². The maximum Gasteiger partial charge on any atom is 0.0361 e. The van der Waals surface area contributed by atoms with Gasteiger partial charge in [-0.15, -0.1) is 11.3 Å². The monoisotopic (exact) mass is 788 g/mol. The molecule has 0 bridgehead atoms. The summed E-state index contributed by atoms with van der Waals surface area (Å²) in [5.74, 6) is 0. The molecule has 0 unspecified atom stereocenters. The predicted molar refractivity (Wildman–Crippen MR) is 266 cm³/mol. The van der Waals surface area contributed by atoms with E-state index in [0.717, 1.165) is 0 Å². The summed E-state index contributed by atoms with van der Waals surface area (Å²) >= 11 is 1.90. The zero-order chi connectivity index (χ0) is 40.0. The summed E-state index contributed by atoms with van der Waals surface area (Å²) in [6.07, 6.45) is 0. The van der Waals surface area contributed by atoms with Gasteiger partial charge in [0, 0.05) is 20.2 Å². The lowest BCUT2D eigenvalue weighted by molar-refractivity contribution is 1.69. The van der Waals surface area contributed by atoms with Crippen LogP contribution in [0.15, 0.2) is 218 Å². The van der Waals surface area contributed by atoms with Gasteiger partial charge in [0.2, 0.25) is 0 Å². The molecule has 0 aliphatic carbocycles. The van der Waals surface area contributed by atoms with Gasteiger partial charge in [-0.3, -0.25) is 0 Å².